The normalized spacial score (nSPS) is 13.4. The molecule has 1 aliphatic carbocycles. The van der Waals surface area contributed by atoms with Crippen LogP contribution >= 0.6 is 0 Å². The molecular formula is C53H36N2. The second-order valence-corrected chi connectivity index (χ2v) is 15.8. The number of hydrogen-bond donors (Lipinski definition) is 0. The molecule has 2 heteroatoms. The van der Waals surface area contributed by atoms with Crippen LogP contribution < -0.4 is 0 Å². The van der Waals surface area contributed by atoms with Crippen molar-refractivity contribution in [1.29, 1.82) is 0 Å². The van der Waals surface area contributed by atoms with Gasteiger partial charge in [-0.25, -0.2) is 0 Å². The SMILES string of the molecule is CC1(C)c2cc3ccccc3cc2-c2ccc3ccc(-c4cc(-n5c6ccccc6c6ccccc65)cc(-n5c6ccccc6c6ccccc65)c4)cc3c21. The van der Waals surface area contributed by atoms with Crippen LogP contribution in [0.2, 0.25) is 0 Å². The van der Waals surface area contributed by atoms with Crippen molar-refractivity contribution < 1.29 is 0 Å². The minimum atomic E-state index is -0.147. The zero-order valence-corrected chi connectivity index (χ0v) is 30.7. The number of para-hydroxylation sites is 4. The molecule has 9 aromatic carbocycles. The van der Waals surface area contributed by atoms with Crippen LogP contribution in [0.3, 0.4) is 0 Å². The van der Waals surface area contributed by atoms with E-state index in [2.05, 4.69) is 205 Å². The maximum Gasteiger partial charge on any atom is 0.0541 e. The Bertz CT molecular complexity index is 3170. The van der Waals surface area contributed by atoms with E-state index in [9.17, 15) is 0 Å². The van der Waals surface area contributed by atoms with Gasteiger partial charge < -0.3 is 9.13 Å². The molecule has 0 fully saturated rings. The van der Waals surface area contributed by atoms with E-state index in [1.165, 1.54) is 98.5 Å². The van der Waals surface area contributed by atoms with Crippen LogP contribution in [0.5, 0.6) is 0 Å². The first kappa shape index (κ1) is 30.6. The van der Waals surface area contributed by atoms with Crippen LogP contribution in [0.15, 0.2) is 182 Å². The fraction of sp³-hybridized carbons (Fsp3) is 0.0566. The first-order valence-electron chi connectivity index (χ1n) is 19.3. The summed E-state index contributed by atoms with van der Waals surface area (Å²) in [4.78, 5) is 0. The third-order valence-electron chi connectivity index (χ3n) is 12.4. The zero-order chi connectivity index (χ0) is 36.4. The van der Waals surface area contributed by atoms with Gasteiger partial charge >= 0.3 is 0 Å². The van der Waals surface area contributed by atoms with Gasteiger partial charge in [0.1, 0.15) is 0 Å². The predicted octanol–water partition coefficient (Wildman–Crippen LogP) is 14.2. The Hall–Kier alpha value is -6.90. The number of nitrogens with zero attached hydrogens (tertiary/aromatic N) is 2. The van der Waals surface area contributed by atoms with Crippen molar-refractivity contribution in [3.8, 4) is 33.6 Å². The van der Waals surface area contributed by atoms with Gasteiger partial charge in [-0.2, -0.15) is 0 Å². The van der Waals surface area contributed by atoms with Crippen molar-refractivity contribution in [2.75, 3.05) is 0 Å². The summed E-state index contributed by atoms with van der Waals surface area (Å²) in [6, 6.07) is 67.8. The van der Waals surface area contributed by atoms with Gasteiger partial charge in [0.2, 0.25) is 0 Å². The molecule has 2 aromatic heterocycles. The molecular weight excluding hydrogens is 665 g/mol. The molecule has 0 aliphatic heterocycles. The molecule has 0 saturated heterocycles. The van der Waals surface area contributed by atoms with Crippen LogP contribution in [-0.2, 0) is 5.41 Å². The van der Waals surface area contributed by atoms with Crippen LogP contribution in [0.4, 0.5) is 0 Å². The highest BCUT2D eigenvalue weighted by atomic mass is 15.0. The molecule has 0 spiro atoms. The van der Waals surface area contributed by atoms with Gasteiger partial charge in [-0.15, -0.1) is 0 Å². The van der Waals surface area contributed by atoms with Gasteiger partial charge in [-0.1, -0.05) is 135 Å². The van der Waals surface area contributed by atoms with Gasteiger partial charge in [0.05, 0.1) is 22.1 Å². The third-order valence-corrected chi connectivity index (χ3v) is 12.4. The van der Waals surface area contributed by atoms with Gasteiger partial charge in [0, 0.05) is 38.3 Å². The average molecular weight is 701 g/mol. The first-order valence-corrected chi connectivity index (χ1v) is 19.3. The summed E-state index contributed by atoms with van der Waals surface area (Å²) in [6.07, 6.45) is 0. The molecule has 0 bridgehead atoms. The van der Waals surface area contributed by atoms with E-state index in [4.69, 9.17) is 0 Å². The molecule has 11 aromatic rings. The number of hydrogen-bond acceptors (Lipinski definition) is 0. The van der Waals surface area contributed by atoms with Crippen molar-refractivity contribution >= 4 is 65.2 Å². The van der Waals surface area contributed by atoms with E-state index in [-0.39, 0.29) is 5.41 Å². The molecule has 2 nitrogen and oxygen atoms in total. The van der Waals surface area contributed by atoms with E-state index in [1.807, 2.05) is 0 Å². The fourth-order valence-electron chi connectivity index (χ4n) is 9.93. The summed E-state index contributed by atoms with van der Waals surface area (Å²) in [5.74, 6) is 0. The molecule has 0 amide bonds. The topological polar surface area (TPSA) is 9.86 Å². The maximum absolute atomic E-state index is 2.46. The van der Waals surface area contributed by atoms with E-state index in [0.717, 1.165) is 11.4 Å². The Kier molecular flexibility index (Phi) is 6.15. The number of fused-ring (bicyclic) bond motifs is 12. The van der Waals surface area contributed by atoms with E-state index in [0.29, 0.717) is 0 Å². The highest BCUT2D eigenvalue weighted by Crippen LogP contribution is 2.53. The fourth-order valence-corrected chi connectivity index (χ4v) is 9.93. The third kappa shape index (κ3) is 4.25. The molecule has 0 radical (unpaired) electrons. The summed E-state index contributed by atoms with van der Waals surface area (Å²) in [7, 11) is 0. The largest absolute Gasteiger partial charge is 0.309 e. The zero-order valence-electron chi connectivity index (χ0n) is 30.7. The Morgan fingerprint density at radius 2 is 0.818 bits per heavy atom. The van der Waals surface area contributed by atoms with Gasteiger partial charge in [-0.3, -0.25) is 0 Å². The quantitative estimate of drug-likeness (QED) is 0.174. The number of aromatic nitrogens is 2. The monoisotopic (exact) mass is 700 g/mol. The number of benzene rings is 9. The second-order valence-electron chi connectivity index (χ2n) is 15.8. The van der Waals surface area contributed by atoms with Crippen LogP contribution in [-0.4, -0.2) is 9.13 Å². The molecule has 55 heavy (non-hydrogen) atoms. The van der Waals surface area contributed by atoms with Crippen molar-refractivity contribution in [3.63, 3.8) is 0 Å². The smallest absolute Gasteiger partial charge is 0.0541 e. The van der Waals surface area contributed by atoms with Gasteiger partial charge in [-0.05, 0) is 116 Å². The van der Waals surface area contributed by atoms with Crippen molar-refractivity contribution in [2.45, 2.75) is 19.3 Å². The van der Waals surface area contributed by atoms with E-state index >= 15 is 0 Å². The van der Waals surface area contributed by atoms with E-state index < -0.39 is 0 Å². The lowest BCUT2D eigenvalue weighted by molar-refractivity contribution is 0.667. The molecule has 12 rings (SSSR count). The molecule has 0 saturated carbocycles. The second kappa shape index (κ2) is 11.1. The molecule has 2 heterocycles. The van der Waals surface area contributed by atoms with Crippen molar-refractivity contribution in [3.05, 3.63) is 193 Å². The average Bonchev–Trinajstić information content (AvgIpc) is 3.83. The lowest BCUT2D eigenvalue weighted by Gasteiger charge is -2.24. The van der Waals surface area contributed by atoms with Crippen LogP contribution in [0.1, 0.15) is 25.0 Å². The van der Waals surface area contributed by atoms with Gasteiger partial charge in [0.15, 0.2) is 0 Å². The lowest BCUT2D eigenvalue weighted by atomic mass is 9.79. The summed E-state index contributed by atoms with van der Waals surface area (Å²) < 4.78 is 4.91. The minimum Gasteiger partial charge on any atom is -0.309 e. The van der Waals surface area contributed by atoms with Gasteiger partial charge in [0.25, 0.3) is 0 Å². The molecule has 0 N–H and O–H groups in total. The maximum atomic E-state index is 2.46. The lowest BCUT2D eigenvalue weighted by Crippen LogP contribution is -2.15. The molecule has 0 atom stereocenters. The molecule has 0 unspecified atom stereocenters. The van der Waals surface area contributed by atoms with Crippen molar-refractivity contribution in [1.82, 2.24) is 9.13 Å². The highest BCUT2D eigenvalue weighted by molar-refractivity contribution is 6.11. The van der Waals surface area contributed by atoms with Crippen molar-refractivity contribution in [2.24, 2.45) is 0 Å². The Morgan fingerprint density at radius 1 is 0.345 bits per heavy atom. The summed E-state index contributed by atoms with van der Waals surface area (Å²) >= 11 is 0. The molecule has 258 valence electrons. The first-order chi connectivity index (χ1) is 27.0. The summed E-state index contributed by atoms with van der Waals surface area (Å²) in [5.41, 5.74) is 14.9. The van der Waals surface area contributed by atoms with E-state index in [1.54, 1.807) is 0 Å². The van der Waals surface area contributed by atoms with Crippen LogP contribution in [0, 0.1) is 0 Å². The standard InChI is InChI=1S/C53H36N2/c1-53(2)47-31-35-14-4-3-13-34(35)30-46(47)44-26-25-33-23-24-36(29-45(33)52(44)53)37-27-38(54-48-19-9-5-15-40(48)41-16-6-10-20-49(41)54)32-39(28-37)55-50-21-11-7-17-42(50)43-18-8-12-22-51(43)55/h3-32H,1-2H3. The predicted molar refractivity (Wildman–Crippen MR) is 233 cm³/mol. The van der Waals surface area contributed by atoms with Crippen LogP contribution in [0.25, 0.3) is 98.8 Å². The Morgan fingerprint density at radius 3 is 1.36 bits per heavy atom. The minimum absolute atomic E-state index is 0.147. The summed E-state index contributed by atoms with van der Waals surface area (Å²) in [6.45, 7) is 4.81. The Labute approximate surface area is 319 Å². The number of rotatable bonds is 3. The summed E-state index contributed by atoms with van der Waals surface area (Å²) in [5, 5.41) is 10.2. The molecule has 1 aliphatic rings. The Balaban J connectivity index is 1.15. The highest BCUT2D eigenvalue weighted by Gasteiger charge is 2.37.